The van der Waals surface area contributed by atoms with E-state index in [9.17, 15) is 4.79 Å². The first kappa shape index (κ1) is 12.8. The lowest BCUT2D eigenvalue weighted by molar-refractivity contribution is -0.133. The van der Waals surface area contributed by atoms with Crippen molar-refractivity contribution in [1.82, 2.24) is 15.1 Å². The van der Waals surface area contributed by atoms with Gasteiger partial charge in [0.1, 0.15) is 0 Å². The van der Waals surface area contributed by atoms with Crippen molar-refractivity contribution in [1.29, 1.82) is 0 Å². The molecular weight excluding hydrogens is 214 g/mol. The van der Waals surface area contributed by atoms with E-state index in [1.807, 2.05) is 4.90 Å². The van der Waals surface area contributed by atoms with Gasteiger partial charge in [0, 0.05) is 25.7 Å². The third kappa shape index (κ3) is 3.68. The summed E-state index contributed by atoms with van der Waals surface area (Å²) in [6.07, 6.45) is 6.09. The minimum Gasteiger partial charge on any atom is -0.342 e. The summed E-state index contributed by atoms with van der Waals surface area (Å²) in [6.45, 7) is 4.69. The zero-order valence-corrected chi connectivity index (χ0v) is 11.0. The molecule has 2 fully saturated rings. The van der Waals surface area contributed by atoms with Gasteiger partial charge in [0.2, 0.25) is 5.91 Å². The maximum Gasteiger partial charge on any atom is 0.236 e. The molecule has 2 saturated heterocycles. The molecule has 1 N–H and O–H groups in total. The lowest BCUT2D eigenvalue weighted by atomic mass is 10.1. The highest BCUT2D eigenvalue weighted by atomic mass is 16.2. The topological polar surface area (TPSA) is 35.6 Å². The molecule has 1 amide bonds. The molecule has 2 aliphatic rings. The Balaban J connectivity index is 1.76. The standard InChI is InChI=1S/C13H25N3O/c1-15(12-6-5-7-14-10-12)11-13(17)16-8-3-2-4-9-16/h12,14H,2-11H2,1H3. The summed E-state index contributed by atoms with van der Waals surface area (Å²) in [5.74, 6) is 0.317. The molecule has 1 atom stereocenters. The van der Waals surface area contributed by atoms with Crippen LogP contribution in [-0.2, 0) is 4.79 Å². The summed E-state index contributed by atoms with van der Waals surface area (Å²) in [5.41, 5.74) is 0. The summed E-state index contributed by atoms with van der Waals surface area (Å²) >= 11 is 0. The second-order valence-corrected chi connectivity index (χ2v) is 5.36. The Bertz CT molecular complexity index is 245. The number of piperidine rings is 2. The molecule has 2 rings (SSSR count). The zero-order chi connectivity index (χ0) is 12.1. The molecule has 0 bridgehead atoms. The maximum atomic E-state index is 12.1. The van der Waals surface area contributed by atoms with E-state index in [-0.39, 0.29) is 0 Å². The van der Waals surface area contributed by atoms with Crippen molar-refractivity contribution in [2.45, 2.75) is 38.1 Å². The summed E-state index contributed by atoms with van der Waals surface area (Å²) in [4.78, 5) is 16.4. The first-order valence-corrected chi connectivity index (χ1v) is 6.96. The number of hydrogen-bond donors (Lipinski definition) is 1. The largest absolute Gasteiger partial charge is 0.342 e. The first-order valence-electron chi connectivity index (χ1n) is 6.96. The molecule has 4 nitrogen and oxygen atoms in total. The van der Waals surface area contributed by atoms with Crippen LogP contribution in [0.3, 0.4) is 0 Å². The molecule has 2 heterocycles. The SMILES string of the molecule is CN(CC(=O)N1CCCCC1)C1CCCNC1. The predicted molar refractivity (Wildman–Crippen MR) is 69.0 cm³/mol. The number of rotatable bonds is 3. The van der Waals surface area contributed by atoms with Crippen LogP contribution >= 0.6 is 0 Å². The van der Waals surface area contributed by atoms with Crippen LogP contribution in [0.25, 0.3) is 0 Å². The number of hydrogen-bond acceptors (Lipinski definition) is 3. The highest BCUT2D eigenvalue weighted by Gasteiger charge is 2.22. The van der Waals surface area contributed by atoms with Gasteiger partial charge in [-0.2, -0.15) is 0 Å². The normalized spacial score (nSPS) is 26.2. The number of carbonyl (C=O) groups is 1. The number of nitrogens with one attached hydrogen (secondary N) is 1. The van der Waals surface area contributed by atoms with Crippen molar-refractivity contribution in [2.75, 3.05) is 39.8 Å². The fourth-order valence-corrected chi connectivity index (χ4v) is 2.80. The van der Waals surface area contributed by atoms with Gasteiger partial charge in [-0.3, -0.25) is 9.69 Å². The van der Waals surface area contributed by atoms with Crippen molar-refractivity contribution >= 4 is 5.91 Å². The van der Waals surface area contributed by atoms with Gasteiger partial charge in [0.15, 0.2) is 0 Å². The molecule has 0 aromatic carbocycles. The Kier molecular flexibility index (Phi) is 4.80. The van der Waals surface area contributed by atoms with Crippen molar-refractivity contribution in [3.05, 3.63) is 0 Å². The van der Waals surface area contributed by atoms with E-state index in [4.69, 9.17) is 0 Å². The molecule has 0 aromatic rings. The molecule has 2 aliphatic heterocycles. The van der Waals surface area contributed by atoms with Gasteiger partial charge in [0.25, 0.3) is 0 Å². The number of amides is 1. The smallest absolute Gasteiger partial charge is 0.236 e. The summed E-state index contributed by atoms with van der Waals surface area (Å²) in [6, 6.07) is 0.539. The third-order valence-corrected chi connectivity index (χ3v) is 3.99. The Morgan fingerprint density at radius 2 is 2.06 bits per heavy atom. The Labute approximate surface area is 104 Å². The van der Waals surface area contributed by atoms with Gasteiger partial charge in [-0.05, 0) is 45.7 Å². The fraction of sp³-hybridized carbons (Fsp3) is 0.923. The zero-order valence-electron chi connectivity index (χ0n) is 11.0. The number of carbonyl (C=O) groups excluding carboxylic acids is 1. The molecule has 0 radical (unpaired) electrons. The Morgan fingerprint density at radius 1 is 1.29 bits per heavy atom. The van der Waals surface area contributed by atoms with Gasteiger partial charge >= 0.3 is 0 Å². The van der Waals surface area contributed by atoms with Crippen LogP contribution in [0, 0.1) is 0 Å². The van der Waals surface area contributed by atoms with Gasteiger partial charge in [-0.25, -0.2) is 0 Å². The minimum absolute atomic E-state index is 0.317. The monoisotopic (exact) mass is 239 g/mol. The second kappa shape index (κ2) is 6.36. The van der Waals surface area contributed by atoms with Crippen LogP contribution in [0.4, 0.5) is 0 Å². The molecule has 98 valence electrons. The van der Waals surface area contributed by atoms with Gasteiger partial charge in [-0.1, -0.05) is 0 Å². The van der Waals surface area contributed by atoms with Gasteiger partial charge < -0.3 is 10.2 Å². The molecular formula is C13H25N3O. The van der Waals surface area contributed by atoms with Crippen LogP contribution in [0.1, 0.15) is 32.1 Å². The van der Waals surface area contributed by atoms with Crippen molar-refractivity contribution in [2.24, 2.45) is 0 Å². The predicted octanol–water partition coefficient (Wildman–Crippen LogP) is 0.683. The highest BCUT2D eigenvalue weighted by Crippen LogP contribution is 2.11. The van der Waals surface area contributed by atoms with E-state index in [1.165, 1.54) is 32.1 Å². The molecule has 0 spiro atoms. The summed E-state index contributed by atoms with van der Waals surface area (Å²) < 4.78 is 0. The van der Waals surface area contributed by atoms with Crippen LogP contribution in [-0.4, -0.2) is 61.5 Å². The first-order chi connectivity index (χ1) is 8.27. The van der Waals surface area contributed by atoms with E-state index >= 15 is 0 Å². The lowest BCUT2D eigenvalue weighted by Gasteiger charge is -2.34. The minimum atomic E-state index is 0.317. The highest BCUT2D eigenvalue weighted by molar-refractivity contribution is 5.78. The molecule has 4 heteroatoms. The lowest BCUT2D eigenvalue weighted by Crippen LogP contribution is -2.49. The van der Waals surface area contributed by atoms with Crippen molar-refractivity contribution in [3.63, 3.8) is 0 Å². The molecule has 0 aliphatic carbocycles. The number of likely N-dealkylation sites (N-methyl/N-ethyl adjacent to an activating group) is 1. The Morgan fingerprint density at radius 3 is 2.71 bits per heavy atom. The van der Waals surface area contributed by atoms with Crippen LogP contribution < -0.4 is 5.32 Å². The van der Waals surface area contributed by atoms with Gasteiger partial charge in [-0.15, -0.1) is 0 Å². The van der Waals surface area contributed by atoms with Gasteiger partial charge in [0.05, 0.1) is 6.54 Å². The maximum absolute atomic E-state index is 12.1. The number of likely N-dealkylation sites (tertiary alicyclic amines) is 1. The van der Waals surface area contributed by atoms with E-state index in [1.54, 1.807) is 0 Å². The molecule has 0 aromatic heterocycles. The van der Waals surface area contributed by atoms with E-state index in [0.717, 1.165) is 26.2 Å². The van der Waals surface area contributed by atoms with E-state index < -0.39 is 0 Å². The second-order valence-electron chi connectivity index (χ2n) is 5.36. The summed E-state index contributed by atoms with van der Waals surface area (Å²) in [5, 5.41) is 3.40. The van der Waals surface area contributed by atoms with E-state index in [2.05, 4.69) is 17.3 Å². The van der Waals surface area contributed by atoms with Crippen LogP contribution in [0.5, 0.6) is 0 Å². The summed E-state index contributed by atoms with van der Waals surface area (Å²) in [7, 11) is 2.08. The molecule has 0 saturated carbocycles. The third-order valence-electron chi connectivity index (χ3n) is 3.99. The van der Waals surface area contributed by atoms with E-state index in [0.29, 0.717) is 18.5 Å². The fourth-order valence-electron chi connectivity index (χ4n) is 2.80. The molecule has 1 unspecified atom stereocenters. The van der Waals surface area contributed by atoms with Crippen molar-refractivity contribution < 1.29 is 4.79 Å². The Hall–Kier alpha value is -0.610. The van der Waals surface area contributed by atoms with Crippen LogP contribution in [0.2, 0.25) is 0 Å². The van der Waals surface area contributed by atoms with Crippen molar-refractivity contribution in [3.8, 4) is 0 Å². The average molecular weight is 239 g/mol. The van der Waals surface area contributed by atoms with Crippen LogP contribution in [0.15, 0.2) is 0 Å². The average Bonchev–Trinajstić information content (AvgIpc) is 2.40. The molecule has 17 heavy (non-hydrogen) atoms. The quantitative estimate of drug-likeness (QED) is 0.787. The number of nitrogens with zero attached hydrogens (tertiary/aromatic N) is 2.